The van der Waals surface area contributed by atoms with Gasteiger partial charge in [0, 0.05) is 23.6 Å². The predicted octanol–water partition coefficient (Wildman–Crippen LogP) is 4.05. The Morgan fingerprint density at radius 1 is 1.27 bits per heavy atom. The zero-order chi connectivity index (χ0) is 18.9. The van der Waals surface area contributed by atoms with E-state index in [1.54, 1.807) is 0 Å². The van der Waals surface area contributed by atoms with Crippen LogP contribution in [0.1, 0.15) is 68.2 Å². The average Bonchev–Trinajstić information content (AvgIpc) is 2.97. The summed E-state index contributed by atoms with van der Waals surface area (Å²) in [6.45, 7) is 11.4. The van der Waals surface area contributed by atoms with Crippen molar-refractivity contribution in [2.45, 2.75) is 72.4 Å². The molecule has 1 aliphatic carbocycles. The molecule has 2 aromatic heterocycles. The van der Waals surface area contributed by atoms with E-state index >= 15 is 0 Å². The van der Waals surface area contributed by atoms with Crippen LogP contribution in [-0.4, -0.2) is 34.0 Å². The Morgan fingerprint density at radius 3 is 2.62 bits per heavy atom. The van der Waals surface area contributed by atoms with Crippen LogP contribution in [-0.2, 0) is 4.74 Å². The molecule has 5 nitrogen and oxygen atoms in total. The van der Waals surface area contributed by atoms with Crippen LogP contribution in [0.25, 0.3) is 5.65 Å². The van der Waals surface area contributed by atoms with E-state index in [4.69, 9.17) is 4.74 Å². The number of nitrogens with zero attached hydrogens (tertiary/aromatic N) is 2. The minimum atomic E-state index is -0.0240. The van der Waals surface area contributed by atoms with Crippen LogP contribution in [0, 0.1) is 19.3 Å². The minimum Gasteiger partial charge on any atom is -0.378 e. The SMILES string of the molecule is Cc1cc(C)n2ccc(C(=O)NC3CCC(OCC(C)(C)C)CC3)c2n1. The van der Waals surface area contributed by atoms with Crippen LogP contribution in [0.2, 0.25) is 0 Å². The highest BCUT2D eigenvalue weighted by Crippen LogP contribution is 2.24. The molecule has 0 spiro atoms. The number of aromatic nitrogens is 2. The molecule has 5 heteroatoms. The summed E-state index contributed by atoms with van der Waals surface area (Å²) in [4.78, 5) is 17.3. The highest BCUT2D eigenvalue weighted by molar-refractivity contribution is 6.00. The van der Waals surface area contributed by atoms with Crippen LogP contribution in [0.4, 0.5) is 0 Å². The number of amides is 1. The molecule has 0 aliphatic heterocycles. The molecule has 0 bridgehead atoms. The number of fused-ring (bicyclic) bond motifs is 1. The molecule has 1 aliphatic rings. The maximum absolute atomic E-state index is 12.8. The zero-order valence-electron chi connectivity index (χ0n) is 16.6. The van der Waals surface area contributed by atoms with Crippen molar-refractivity contribution in [3.63, 3.8) is 0 Å². The summed E-state index contributed by atoms with van der Waals surface area (Å²) >= 11 is 0. The van der Waals surface area contributed by atoms with E-state index in [2.05, 4.69) is 31.1 Å². The van der Waals surface area contributed by atoms with E-state index in [0.717, 1.165) is 49.3 Å². The normalized spacial score (nSPS) is 21.1. The van der Waals surface area contributed by atoms with Gasteiger partial charge in [0.05, 0.1) is 18.3 Å². The monoisotopic (exact) mass is 357 g/mol. The molecule has 1 N–H and O–H groups in total. The van der Waals surface area contributed by atoms with Crippen molar-refractivity contribution in [2.24, 2.45) is 5.41 Å². The van der Waals surface area contributed by atoms with E-state index in [0.29, 0.717) is 11.7 Å². The topological polar surface area (TPSA) is 55.6 Å². The lowest BCUT2D eigenvalue weighted by molar-refractivity contribution is -0.0134. The van der Waals surface area contributed by atoms with Crippen molar-refractivity contribution in [3.05, 3.63) is 35.3 Å². The number of ether oxygens (including phenoxy) is 1. The summed E-state index contributed by atoms with van der Waals surface area (Å²) in [7, 11) is 0. The molecule has 0 saturated heterocycles. The lowest BCUT2D eigenvalue weighted by Crippen LogP contribution is -2.39. The van der Waals surface area contributed by atoms with Gasteiger partial charge in [-0.1, -0.05) is 20.8 Å². The van der Waals surface area contributed by atoms with Gasteiger partial charge in [-0.05, 0) is 57.1 Å². The molecule has 0 aromatic carbocycles. The van der Waals surface area contributed by atoms with E-state index in [1.165, 1.54) is 0 Å². The third-order valence-corrected chi connectivity index (χ3v) is 4.95. The molecule has 0 unspecified atom stereocenters. The first-order valence-corrected chi connectivity index (χ1v) is 9.61. The van der Waals surface area contributed by atoms with E-state index < -0.39 is 0 Å². The van der Waals surface area contributed by atoms with Crippen molar-refractivity contribution in [3.8, 4) is 0 Å². The molecule has 142 valence electrons. The van der Waals surface area contributed by atoms with Crippen molar-refractivity contribution >= 4 is 11.6 Å². The van der Waals surface area contributed by atoms with Crippen molar-refractivity contribution in [1.82, 2.24) is 14.7 Å². The van der Waals surface area contributed by atoms with Gasteiger partial charge in [0.25, 0.3) is 5.91 Å². The second kappa shape index (κ2) is 7.39. The first-order chi connectivity index (χ1) is 12.2. The van der Waals surface area contributed by atoms with Crippen LogP contribution < -0.4 is 5.32 Å². The maximum Gasteiger partial charge on any atom is 0.255 e. The van der Waals surface area contributed by atoms with E-state index in [9.17, 15) is 4.79 Å². The Kier molecular flexibility index (Phi) is 5.37. The fourth-order valence-corrected chi connectivity index (χ4v) is 3.58. The highest BCUT2D eigenvalue weighted by atomic mass is 16.5. The highest BCUT2D eigenvalue weighted by Gasteiger charge is 2.25. The summed E-state index contributed by atoms with van der Waals surface area (Å²) in [5.41, 5.74) is 3.61. The quantitative estimate of drug-likeness (QED) is 0.898. The minimum absolute atomic E-state index is 0.0240. The predicted molar refractivity (Wildman–Crippen MR) is 104 cm³/mol. The molecule has 1 amide bonds. The Morgan fingerprint density at radius 2 is 1.96 bits per heavy atom. The van der Waals surface area contributed by atoms with Gasteiger partial charge < -0.3 is 14.5 Å². The number of carbonyl (C=O) groups is 1. The zero-order valence-corrected chi connectivity index (χ0v) is 16.6. The van der Waals surface area contributed by atoms with Crippen molar-refractivity contribution in [1.29, 1.82) is 0 Å². The summed E-state index contributed by atoms with van der Waals surface area (Å²) in [5.74, 6) is -0.0240. The fraction of sp³-hybridized carbons (Fsp3) is 0.619. The van der Waals surface area contributed by atoms with Gasteiger partial charge in [-0.3, -0.25) is 4.79 Å². The molecule has 1 saturated carbocycles. The number of nitrogens with one attached hydrogen (secondary N) is 1. The molecular weight excluding hydrogens is 326 g/mol. The third kappa shape index (κ3) is 4.44. The first kappa shape index (κ1) is 18.9. The van der Waals surface area contributed by atoms with Crippen LogP contribution >= 0.6 is 0 Å². The van der Waals surface area contributed by atoms with Crippen LogP contribution in [0.15, 0.2) is 18.3 Å². The molecule has 2 aromatic rings. The van der Waals surface area contributed by atoms with Crippen molar-refractivity contribution < 1.29 is 9.53 Å². The van der Waals surface area contributed by atoms with Crippen LogP contribution in [0.5, 0.6) is 0 Å². The molecule has 0 atom stereocenters. The van der Waals surface area contributed by atoms with Gasteiger partial charge >= 0.3 is 0 Å². The molecule has 26 heavy (non-hydrogen) atoms. The lowest BCUT2D eigenvalue weighted by atomic mass is 9.92. The Balaban J connectivity index is 1.58. The summed E-state index contributed by atoms with van der Waals surface area (Å²) in [5, 5.41) is 3.20. The first-order valence-electron chi connectivity index (χ1n) is 9.61. The second-order valence-electron chi connectivity index (χ2n) is 8.78. The molecule has 1 fully saturated rings. The van der Waals surface area contributed by atoms with Gasteiger partial charge in [0.15, 0.2) is 0 Å². The number of hydrogen-bond acceptors (Lipinski definition) is 3. The Labute approximate surface area is 156 Å². The fourth-order valence-electron chi connectivity index (χ4n) is 3.58. The van der Waals surface area contributed by atoms with Gasteiger partial charge in [-0.25, -0.2) is 4.98 Å². The number of carbonyl (C=O) groups excluding carboxylic acids is 1. The summed E-state index contributed by atoms with van der Waals surface area (Å²) in [6, 6.07) is 4.10. The smallest absolute Gasteiger partial charge is 0.255 e. The third-order valence-electron chi connectivity index (χ3n) is 4.95. The molecule has 0 radical (unpaired) electrons. The van der Waals surface area contributed by atoms with Crippen molar-refractivity contribution in [2.75, 3.05) is 6.61 Å². The average molecular weight is 357 g/mol. The molecule has 3 rings (SSSR count). The van der Waals surface area contributed by atoms with Gasteiger partial charge in [0.2, 0.25) is 0 Å². The largest absolute Gasteiger partial charge is 0.378 e. The Bertz CT molecular complexity index is 780. The number of rotatable bonds is 4. The van der Waals surface area contributed by atoms with Crippen LogP contribution in [0.3, 0.4) is 0 Å². The number of hydrogen-bond donors (Lipinski definition) is 1. The van der Waals surface area contributed by atoms with Gasteiger partial charge in [-0.15, -0.1) is 0 Å². The number of aryl methyl sites for hydroxylation is 2. The molecular formula is C21H31N3O2. The van der Waals surface area contributed by atoms with Gasteiger partial charge in [-0.2, -0.15) is 0 Å². The molecule has 2 heterocycles. The van der Waals surface area contributed by atoms with E-state index in [1.807, 2.05) is 36.6 Å². The maximum atomic E-state index is 12.8. The van der Waals surface area contributed by atoms with Gasteiger partial charge in [0.1, 0.15) is 5.65 Å². The van der Waals surface area contributed by atoms with E-state index in [-0.39, 0.29) is 17.4 Å². The second-order valence-corrected chi connectivity index (χ2v) is 8.78. The standard InChI is InChI=1S/C21H31N3O2/c1-14-12-15(2)24-11-10-18(19(24)22-14)20(25)23-16-6-8-17(9-7-16)26-13-21(3,4)5/h10-12,16-17H,6-9,13H2,1-5H3,(H,23,25). The lowest BCUT2D eigenvalue weighted by Gasteiger charge is -2.31. The summed E-state index contributed by atoms with van der Waals surface area (Å²) in [6.07, 6.45) is 6.20. The summed E-state index contributed by atoms with van der Waals surface area (Å²) < 4.78 is 8.00. The Hall–Kier alpha value is -1.88.